The molecule has 0 unspecified atom stereocenters. The molecule has 0 spiro atoms. The molecule has 82 valence electrons. The highest BCUT2D eigenvalue weighted by Gasteiger charge is 2.32. The van der Waals surface area contributed by atoms with Crippen molar-refractivity contribution in [3.8, 4) is 0 Å². The van der Waals surface area contributed by atoms with Crippen LogP contribution in [0.3, 0.4) is 0 Å². The van der Waals surface area contributed by atoms with E-state index in [2.05, 4.69) is 4.98 Å². The third-order valence-corrected chi connectivity index (χ3v) is 2.14. The summed E-state index contributed by atoms with van der Waals surface area (Å²) in [5, 5.41) is 0.568. The van der Waals surface area contributed by atoms with Gasteiger partial charge < -0.3 is 0 Å². The molecule has 1 aromatic carbocycles. The number of alkyl halides is 3. The molecule has 2 nitrogen and oxygen atoms in total. The van der Waals surface area contributed by atoms with E-state index >= 15 is 0 Å². The van der Waals surface area contributed by atoms with Gasteiger partial charge >= 0.3 is 6.18 Å². The molecule has 0 amide bonds. The topological polar surface area (TPSA) is 30.0 Å². The lowest BCUT2D eigenvalue weighted by Crippen LogP contribution is -2.07. The molecule has 5 heteroatoms. The van der Waals surface area contributed by atoms with E-state index in [1.54, 1.807) is 6.07 Å². The minimum atomic E-state index is -4.47. The quantitative estimate of drug-likeness (QED) is 0.698. The van der Waals surface area contributed by atoms with E-state index in [0.29, 0.717) is 17.2 Å². The molecule has 2 aromatic rings. The van der Waals surface area contributed by atoms with Gasteiger partial charge in [0, 0.05) is 10.9 Å². The summed E-state index contributed by atoms with van der Waals surface area (Å²) in [5.41, 5.74) is -0.484. The Hall–Kier alpha value is -1.91. The number of hydrogen-bond donors (Lipinski definition) is 0. The Morgan fingerprint density at radius 3 is 2.44 bits per heavy atom. The van der Waals surface area contributed by atoms with Crippen molar-refractivity contribution in [1.82, 2.24) is 4.98 Å². The van der Waals surface area contributed by atoms with Crippen LogP contribution >= 0.6 is 0 Å². The summed E-state index contributed by atoms with van der Waals surface area (Å²) in [5.74, 6) is 0. The fourth-order valence-corrected chi connectivity index (χ4v) is 1.37. The Morgan fingerprint density at radius 1 is 1.12 bits per heavy atom. The standard InChI is InChI=1S/C11H6F3NO/c12-11(13,14)10-4-3-8-2-1-7(6-16)5-9(8)15-10/h1-6H. The number of rotatable bonds is 1. The van der Waals surface area contributed by atoms with Gasteiger partial charge in [0.15, 0.2) is 0 Å². The summed E-state index contributed by atoms with van der Waals surface area (Å²) in [7, 11) is 0. The van der Waals surface area contributed by atoms with Crippen LogP contribution in [-0.4, -0.2) is 11.3 Å². The van der Waals surface area contributed by atoms with Gasteiger partial charge in [-0.15, -0.1) is 0 Å². The second-order valence-corrected chi connectivity index (χ2v) is 3.26. The van der Waals surface area contributed by atoms with Gasteiger partial charge in [-0.1, -0.05) is 18.2 Å². The van der Waals surface area contributed by atoms with Crippen LogP contribution < -0.4 is 0 Å². The predicted molar refractivity (Wildman–Crippen MR) is 52.1 cm³/mol. The fraction of sp³-hybridized carbons (Fsp3) is 0.0909. The Bertz CT molecular complexity index is 548. The minimum Gasteiger partial charge on any atom is -0.298 e. The molecule has 0 aliphatic carbocycles. The molecular weight excluding hydrogens is 219 g/mol. The Kier molecular flexibility index (Phi) is 2.38. The maximum absolute atomic E-state index is 12.4. The van der Waals surface area contributed by atoms with Crippen LogP contribution in [0.2, 0.25) is 0 Å². The lowest BCUT2D eigenvalue weighted by Gasteiger charge is -2.06. The smallest absolute Gasteiger partial charge is 0.298 e. The van der Waals surface area contributed by atoms with Crippen LogP contribution in [0.15, 0.2) is 30.3 Å². The van der Waals surface area contributed by atoms with Gasteiger partial charge in [0.2, 0.25) is 0 Å². The summed E-state index contributed by atoms with van der Waals surface area (Å²) in [6.45, 7) is 0. The molecule has 0 fully saturated rings. The summed E-state index contributed by atoms with van der Waals surface area (Å²) < 4.78 is 37.1. The number of nitrogens with zero attached hydrogens (tertiary/aromatic N) is 1. The zero-order chi connectivity index (χ0) is 11.8. The van der Waals surface area contributed by atoms with Crippen LogP contribution in [-0.2, 0) is 6.18 Å². The molecule has 0 saturated heterocycles. The van der Waals surface area contributed by atoms with Gasteiger partial charge in [-0.05, 0) is 12.1 Å². The van der Waals surface area contributed by atoms with E-state index in [0.717, 1.165) is 6.07 Å². The third-order valence-electron chi connectivity index (χ3n) is 2.14. The van der Waals surface area contributed by atoms with E-state index in [9.17, 15) is 18.0 Å². The maximum Gasteiger partial charge on any atom is 0.433 e. The number of aromatic nitrogens is 1. The van der Waals surface area contributed by atoms with E-state index in [1.807, 2.05) is 0 Å². The molecule has 0 bridgehead atoms. The van der Waals surface area contributed by atoms with Gasteiger partial charge in [0.1, 0.15) is 12.0 Å². The summed E-state index contributed by atoms with van der Waals surface area (Å²) >= 11 is 0. The zero-order valence-electron chi connectivity index (χ0n) is 7.95. The number of carbonyl (C=O) groups is 1. The van der Waals surface area contributed by atoms with E-state index in [-0.39, 0.29) is 5.52 Å². The van der Waals surface area contributed by atoms with E-state index in [4.69, 9.17) is 0 Å². The molecule has 1 heterocycles. The van der Waals surface area contributed by atoms with Crippen molar-refractivity contribution in [2.75, 3.05) is 0 Å². The highest BCUT2D eigenvalue weighted by molar-refractivity contribution is 5.86. The number of pyridine rings is 1. The molecule has 2 rings (SSSR count). The molecule has 0 N–H and O–H groups in total. The molecule has 0 atom stereocenters. The molecule has 0 radical (unpaired) electrons. The van der Waals surface area contributed by atoms with Crippen LogP contribution in [0.5, 0.6) is 0 Å². The second-order valence-electron chi connectivity index (χ2n) is 3.26. The molecule has 1 aromatic heterocycles. The number of halogens is 3. The van der Waals surface area contributed by atoms with Crippen molar-refractivity contribution in [3.63, 3.8) is 0 Å². The number of fused-ring (bicyclic) bond motifs is 1. The maximum atomic E-state index is 12.4. The van der Waals surface area contributed by atoms with E-state index < -0.39 is 11.9 Å². The largest absolute Gasteiger partial charge is 0.433 e. The minimum absolute atomic E-state index is 0.166. The highest BCUT2D eigenvalue weighted by atomic mass is 19.4. The summed E-state index contributed by atoms with van der Waals surface area (Å²) in [6.07, 6.45) is -3.90. The van der Waals surface area contributed by atoms with Crippen LogP contribution in [0.1, 0.15) is 16.1 Å². The van der Waals surface area contributed by atoms with Gasteiger partial charge in [-0.2, -0.15) is 13.2 Å². The molecule has 0 aliphatic heterocycles. The van der Waals surface area contributed by atoms with Gasteiger partial charge in [0.05, 0.1) is 5.52 Å². The number of benzene rings is 1. The van der Waals surface area contributed by atoms with Crippen molar-refractivity contribution >= 4 is 17.2 Å². The monoisotopic (exact) mass is 225 g/mol. The Balaban J connectivity index is 2.64. The van der Waals surface area contributed by atoms with E-state index in [1.165, 1.54) is 18.2 Å². The Labute approximate surface area is 88.7 Å². The first-order valence-corrected chi connectivity index (χ1v) is 4.44. The van der Waals surface area contributed by atoms with Crippen LogP contribution in [0.4, 0.5) is 13.2 Å². The summed E-state index contributed by atoms with van der Waals surface area (Å²) in [6, 6.07) is 6.68. The molecule has 0 aliphatic rings. The number of aldehydes is 1. The van der Waals surface area contributed by atoms with Crippen molar-refractivity contribution in [2.24, 2.45) is 0 Å². The average Bonchev–Trinajstić information content (AvgIpc) is 2.26. The van der Waals surface area contributed by atoms with Gasteiger partial charge in [0.25, 0.3) is 0 Å². The highest BCUT2D eigenvalue weighted by Crippen LogP contribution is 2.28. The SMILES string of the molecule is O=Cc1ccc2ccc(C(F)(F)F)nc2c1. The van der Waals surface area contributed by atoms with Crippen LogP contribution in [0, 0.1) is 0 Å². The number of hydrogen-bond acceptors (Lipinski definition) is 2. The lowest BCUT2D eigenvalue weighted by atomic mass is 10.1. The second kappa shape index (κ2) is 3.59. The fourth-order valence-electron chi connectivity index (χ4n) is 1.37. The third kappa shape index (κ3) is 1.88. The van der Waals surface area contributed by atoms with Crippen molar-refractivity contribution < 1.29 is 18.0 Å². The van der Waals surface area contributed by atoms with Crippen molar-refractivity contribution in [1.29, 1.82) is 0 Å². The Morgan fingerprint density at radius 2 is 1.81 bits per heavy atom. The first kappa shape index (κ1) is 10.6. The van der Waals surface area contributed by atoms with Gasteiger partial charge in [-0.25, -0.2) is 4.98 Å². The average molecular weight is 225 g/mol. The van der Waals surface area contributed by atoms with Gasteiger partial charge in [-0.3, -0.25) is 4.79 Å². The molecule has 16 heavy (non-hydrogen) atoms. The van der Waals surface area contributed by atoms with Crippen molar-refractivity contribution in [2.45, 2.75) is 6.18 Å². The first-order chi connectivity index (χ1) is 7.50. The molecular formula is C11H6F3NO. The predicted octanol–water partition coefficient (Wildman–Crippen LogP) is 3.07. The normalized spacial score (nSPS) is 11.7. The first-order valence-electron chi connectivity index (χ1n) is 4.44. The van der Waals surface area contributed by atoms with Crippen molar-refractivity contribution in [3.05, 3.63) is 41.6 Å². The zero-order valence-corrected chi connectivity index (χ0v) is 7.95. The lowest BCUT2D eigenvalue weighted by molar-refractivity contribution is -0.140. The molecule has 0 saturated carbocycles. The summed E-state index contributed by atoms with van der Waals surface area (Å²) in [4.78, 5) is 14.0. The number of carbonyl (C=O) groups excluding carboxylic acids is 1. The van der Waals surface area contributed by atoms with Crippen LogP contribution in [0.25, 0.3) is 10.9 Å².